The Bertz CT molecular complexity index is 1250. The molecular weight excluding hydrogens is 394 g/mol. The largest absolute Gasteiger partial charge is 0.506 e. The molecular formula is C20H17N3O3S2. The van der Waals surface area contributed by atoms with Gasteiger partial charge in [-0.25, -0.2) is 18.4 Å². The van der Waals surface area contributed by atoms with Crippen LogP contribution in [0.1, 0.15) is 6.92 Å². The zero-order chi connectivity index (χ0) is 19.7. The molecule has 0 amide bonds. The molecule has 2 aromatic carbocycles. The molecule has 0 radical (unpaired) electrons. The van der Waals surface area contributed by atoms with Crippen LogP contribution in [-0.2, 0) is 9.84 Å². The Balaban J connectivity index is 1.77. The number of anilines is 2. The summed E-state index contributed by atoms with van der Waals surface area (Å²) in [4.78, 5) is 10.6. The summed E-state index contributed by atoms with van der Waals surface area (Å²) in [6.45, 7) is 1.58. The van der Waals surface area contributed by atoms with E-state index in [0.29, 0.717) is 5.82 Å². The molecule has 4 aromatic rings. The lowest BCUT2D eigenvalue weighted by Gasteiger charge is -2.10. The lowest BCUT2D eigenvalue weighted by atomic mass is 10.2. The van der Waals surface area contributed by atoms with Gasteiger partial charge in [-0.15, -0.1) is 11.3 Å². The van der Waals surface area contributed by atoms with Gasteiger partial charge in [0.1, 0.15) is 22.7 Å². The summed E-state index contributed by atoms with van der Waals surface area (Å²) in [5.74, 6) is 0.435. The normalized spacial score (nSPS) is 11.6. The predicted molar refractivity (Wildman–Crippen MR) is 112 cm³/mol. The molecule has 0 aliphatic rings. The highest BCUT2D eigenvalue weighted by atomic mass is 32.2. The van der Waals surface area contributed by atoms with Gasteiger partial charge < -0.3 is 10.4 Å². The van der Waals surface area contributed by atoms with Gasteiger partial charge in [0.2, 0.25) is 0 Å². The number of aromatic hydroxyl groups is 1. The molecule has 2 aromatic heterocycles. The van der Waals surface area contributed by atoms with Crippen molar-refractivity contribution in [1.29, 1.82) is 0 Å². The van der Waals surface area contributed by atoms with Gasteiger partial charge in [-0.3, -0.25) is 0 Å². The van der Waals surface area contributed by atoms with E-state index in [1.54, 1.807) is 18.3 Å². The molecule has 0 unspecified atom stereocenters. The van der Waals surface area contributed by atoms with E-state index in [1.807, 2.05) is 36.4 Å². The topological polar surface area (TPSA) is 92.2 Å². The van der Waals surface area contributed by atoms with Crippen LogP contribution in [0.2, 0.25) is 0 Å². The van der Waals surface area contributed by atoms with Crippen LogP contribution >= 0.6 is 11.3 Å². The van der Waals surface area contributed by atoms with Crippen molar-refractivity contribution in [2.75, 3.05) is 11.1 Å². The van der Waals surface area contributed by atoms with Crippen molar-refractivity contribution in [1.82, 2.24) is 9.97 Å². The molecule has 8 heteroatoms. The molecule has 0 aliphatic heterocycles. The highest BCUT2D eigenvalue weighted by Crippen LogP contribution is 2.37. The van der Waals surface area contributed by atoms with Crippen LogP contribution < -0.4 is 5.32 Å². The summed E-state index contributed by atoms with van der Waals surface area (Å²) in [5.41, 5.74) is 1.36. The maximum atomic E-state index is 12.2. The fourth-order valence-electron chi connectivity index (χ4n) is 2.80. The average molecular weight is 412 g/mol. The molecule has 28 heavy (non-hydrogen) atoms. The van der Waals surface area contributed by atoms with Crippen LogP contribution in [0, 0.1) is 0 Å². The monoisotopic (exact) mass is 411 g/mol. The molecule has 0 bridgehead atoms. The first-order valence-corrected chi connectivity index (χ1v) is 11.1. The van der Waals surface area contributed by atoms with Crippen molar-refractivity contribution in [2.45, 2.75) is 11.8 Å². The summed E-state index contributed by atoms with van der Waals surface area (Å²) >= 11 is 1.54. The molecule has 0 spiro atoms. The van der Waals surface area contributed by atoms with Gasteiger partial charge in [-0.05, 0) is 29.8 Å². The van der Waals surface area contributed by atoms with E-state index in [2.05, 4.69) is 15.3 Å². The molecule has 4 rings (SSSR count). The van der Waals surface area contributed by atoms with Crippen LogP contribution in [0.5, 0.6) is 5.75 Å². The van der Waals surface area contributed by atoms with Crippen molar-refractivity contribution < 1.29 is 13.5 Å². The number of rotatable bonds is 5. The Morgan fingerprint density at radius 1 is 1.07 bits per heavy atom. The minimum absolute atomic E-state index is 0.0140. The van der Waals surface area contributed by atoms with Crippen molar-refractivity contribution in [2.24, 2.45) is 0 Å². The Hall–Kier alpha value is -2.97. The lowest BCUT2D eigenvalue weighted by Crippen LogP contribution is -2.04. The van der Waals surface area contributed by atoms with Crippen molar-refractivity contribution in [3.63, 3.8) is 0 Å². The Morgan fingerprint density at radius 3 is 2.61 bits per heavy atom. The number of phenols is 1. The van der Waals surface area contributed by atoms with E-state index < -0.39 is 9.84 Å². The van der Waals surface area contributed by atoms with Crippen molar-refractivity contribution in [3.05, 3.63) is 60.9 Å². The summed E-state index contributed by atoms with van der Waals surface area (Å²) in [7, 11) is -3.39. The van der Waals surface area contributed by atoms with Gasteiger partial charge in [0.25, 0.3) is 0 Å². The van der Waals surface area contributed by atoms with Gasteiger partial charge >= 0.3 is 0 Å². The number of hydrogen-bond donors (Lipinski definition) is 2. The number of hydrogen-bond acceptors (Lipinski definition) is 7. The smallest absolute Gasteiger partial charge is 0.178 e. The summed E-state index contributed by atoms with van der Waals surface area (Å²) in [6, 6.07) is 16.1. The van der Waals surface area contributed by atoms with Crippen molar-refractivity contribution >= 4 is 42.9 Å². The SMILES string of the molecule is CCS(=O)(=O)c1ccc(O)c(Nc2ncnc3sc(-c4ccccc4)cc23)c1. The van der Waals surface area contributed by atoms with Crippen LogP contribution in [0.15, 0.2) is 65.8 Å². The van der Waals surface area contributed by atoms with Crippen LogP contribution in [0.4, 0.5) is 11.5 Å². The second kappa shape index (κ2) is 7.21. The molecule has 6 nitrogen and oxygen atoms in total. The molecule has 0 aliphatic carbocycles. The number of aromatic nitrogens is 2. The average Bonchev–Trinajstić information content (AvgIpc) is 3.15. The van der Waals surface area contributed by atoms with E-state index in [1.165, 1.54) is 24.5 Å². The van der Waals surface area contributed by atoms with E-state index in [-0.39, 0.29) is 22.1 Å². The van der Waals surface area contributed by atoms with Gasteiger partial charge in [-0.1, -0.05) is 37.3 Å². The fraction of sp³-hybridized carbons (Fsp3) is 0.100. The van der Waals surface area contributed by atoms with E-state index in [4.69, 9.17) is 0 Å². The second-order valence-corrected chi connectivity index (χ2v) is 9.43. The van der Waals surface area contributed by atoms with Gasteiger partial charge in [0.05, 0.1) is 21.7 Å². The number of thiophene rings is 1. The number of nitrogens with zero attached hydrogens (tertiary/aromatic N) is 2. The Morgan fingerprint density at radius 2 is 1.86 bits per heavy atom. The van der Waals surface area contributed by atoms with E-state index in [9.17, 15) is 13.5 Å². The van der Waals surface area contributed by atoms with Crippen LogP contribution in [-0.4, -0.2) is 29.2 Å². The zero-order valence-corrected chi connectivity index (χ0v) is 16.6. The molecule has 0 saturated carbocycles. The third-order valence-electron chi connectivity index (χ3n) is 4.35. The predicted octanol–water partition coefficient (Wildman–Crippen LogP) is 4.60. The highest BCUT2D eigenvalue weighted by Gasteiger charge is 2.16. The molecule has 2 N–H and O–H groups in total. The Kier molecular flexibility index (Phi) is 4.74. The third kappa shape index (κ3) is 3.44. The zero-order valence-electron chi connectivity index (χ0n) is 15.0. The van der Waals surface area contributed by atoms with Gasteiger partial charge in [0, 0.05) is 4.88 Å². The minimum Gasteiger partial charge on any atom is -0.506 e. The number of sulfone groups is 1. The standard InChI is InChI=1S/C20H17N3O3S2/c1-2-28(25,26)14-8-9-17(24)16(10-14)23-19-15-11-18(13-6-4-3-5-7-13)27-20(15)22-12-21-19/h3-12,24H,2H2,1H3,(H,21,22,23). The third-order valence-corrected chi connectivity index (χ3v) is 7.17. The fourth-order valence-corrected chi connectivity index (χ4v) is 4.71. The van der Waals surface area contributed by atoms with Gasteiger partial charge in [0.15, 0.2) is 9.84 Å². The number of benzene rings is 2. The molecule has 142 valence electrons. The lowest BCUT2D eigenvalue weighted by molar-refractivity contribution is 0.477. The summed E-state index contributed by atoms with van der Waals surface area (Å²) in [6.07, 6.45) is 1.44. The number of fused-ring (bicyclic) bond motifs is 1. The van der Waals surface area contributed by atoms with E-state index >= 15 is 0 Å². The molecule has 0 atom stereocenters. The number of nitrogens with one attached hydrogen (secondary N) is 1. The summed E-state index contributed by atoms with van der Waals surface area (Å²) < 4.78 is 24.3. The summed E-state index contributed by atoms with van der Waals surface area (Å²) in [5, 5.41) is 14.1. The minimum atomic E-state index is -3.39. The Labute approximate surface area is 166 Å². The number of phenolic OH excluding ortho intramolecular Hbond substituents is 1. The van der Waals surface area contributed by atoms with E-state index in [0.717, 1.165) is 20.7 Å². The molecule has 0 fully saturated rings. The quantitative estimate of drug-likeness (QED) is 0.466. The first kappa shape index (κ1) is 18.4. The van der Waals surface area contributed by atoms with Crippen LogP contribution in [0.3, 0.4) is 0 Å². The maximum Gasteiger partial charge on any atom is 0.178 e. The molecule has 2 heterocycles. The first-order valence-electron chi connectivity index (χ1n) is 8.60. The maximum absolute atomic E-state index is 12.2. The second-order valence-electron chi connectivity index (χ2n) is 6.13. The first-order chi connectivity index (χ1) is 13.5. The highest BCUT2D eigenvalue weighted by molar-refractivity contribution is 7.91. The van der Waals surface area contributed by atoms with Gasteiger partial charge in [-0.2, -0.15) is 0 Å². The van der Waals surface area contributed by atoms with Crippen molar-refractivity contribution in [3.8, 4) is 16.2 Å². The molecule has 0 saturated heterocycles. The van der Waals surface area contributed by atoms with Crippen LogP contribution in [0.25, 0.3) is 20.7 Å².